The van der Waals surface area contributed by atoms with Gasteiger partial charge in [0.1, 0.15) is 0 Å². The molecule has 1 fully saturated rings. The van der Waals surface area contributed by atoms with Gasteiger partial charge in [-0.3, -0.25) is 4.79 Å². The fourth-order valence-corrected chi connectivity index (χ4v) is 2.51. The molecule has 2 aliphatic heterocycles. The maximum atomic E-state index is 11.7. The lowest BCUT2D eigenvalue weighted by molar-refractivity contribution is -0.118. The van der Waals surface area contributed by atoms with Crippen LogP contribution in [0.15, 0.2) is 11.1 Å². The molecule has 0 aliphatic carbocycles. The quantitative estimate of drug-likeness (QED) is 0.706. The number of hydrogen-bond donors (Lipinski definition) is 1. The minimum Gasteiger partial charge on any atom is -0.381 e. The van der Waals surface area contributed by atoms with Crippen molar-refractivity contribution in [1.29, 1.82) is 0 Å². The van der Waals surface area contributed by atoms with Crippen LogP contribution in [0.1, 0.15) is 47.0 Å². The van der Waals surface area contributed by atoms with Gasteiger partial charge < -0.3 is 10.1 Å². The van der Waals surface area contributed by atoms with Crippen molar-refractivity contribution < 1.29 is 9.53 Å². The number of carbonyl (C=O) groups is 1. The first kappa shape index (κ1) is 14.2. The molecule has 3 nitrogen and oxygen atoms in total. The zero-order chi connectivity index (χ0) is 12.9. The van der Waals surface area contributed by atoms with Crippen molar-refractivity contribution in [3.63, 3.8) is 0 Å². The number of carbonyl (C=O) groups excluding carboxylic acids is 1. The largest absolute Gasteiger partial charge is 0.381 e. The minimum absolute atomic E-state index is 0.107. The SMILES string of the molecule is CC.CC1=C(C)C(=O)NCC2(CCOCC2)C1. The summed E-state index contributed by atoms with van der Waals surface area (Å²) in [6, 6.07) is 0. The molecule has 1 amide bonds. The van der Waals surface area contributed by atoms with Crippen LogP contribution in [0.3, 0.4) is 0 Å². The van der Waals surface area contributed by atoms with Crippen LogP contribution in [-0.2, 0) is 9.53 Å². The van der Waals surface area contributed by atoms with Crippen molar-refractivity contribution in [2.24, 2.45) is 5.41 Å². The third-order valence-corrected chi connectivity index (χ3v) is 3.80. The summed E-state index contributed by atoms with van der Waals surface area (Å²) in [5.74, 6) is 0.107. The summed E-state index contributed by atoms with van der Waals surface area (Å²) < 4.78 is 5.40. The number of ether oxygens (including phenoxy) is 1. The molecule has 0 bridgehead atoms. The van der Waals surface area contributed by atoms with Gasteiger partial charge in [-0.2, -0.15) is 0 Å². The van der Waals surface area contributed by atoms with E-state index in [4.69, 9.17) is 4.74 Å². The highest BCUT2D eigenvalue weighted by Gasteiger charge is 2.35. The topological polar surface area (TPSA) is 38.3 Å². The molecule has 2 aliphatic rings. The van der Waals surface area contributed by atoms with E-state index in [2.05, 4.69) is 12.2 Å². The fraction of sp³-hybridized carbons (Fsp3) is 0.786. The summed E-state index contributed by atoms with van der Waals surface area (Å²) in [5.41, 5.74) is 2.40. The first-order valence-electron chi connectivity index (χ1n) is 6.65. The van der Waals surface area contributed by atoms with Crippen LogP contribution in [0.5, 0.6) is 0 Å². The summed E-state index contributed by atoms with van der Waals surface area (Å²) in [6.45, 7) is 10.5. The average molecular weight is 239 g/mol. The molecule has 0 saturated carbocycles. The summed E-state index contributed by atoms with van der Waals surface area (Å²) in [4.78, 5) is 11.7. The number of hydrogen-bond acceptors (Lipinski definition) is 2. The summed E-state index contributed by atoms with van der Waals surface area (Å²) >= 11 is 0. The van der Waals surface area contributed by atoms with E-state index in [1.165, 1.54) is 5.57 Å². The van der Waals surface area contributed by atoms with Crippen molar-refractivity contribution in [2.45, 2.75) is 47.0 Å². The molecule has 0 aromatic rings. The van der Waals surface area contributed by atoms with Crippen molar-refractivity contribution in [1.82, 2.24) is 5.32 Å². The molecule has 0 unspecified atom stereocenters. The van der Waals surface area contributed by atoms with Gasteiger partial charge in [0.25, 0.3) is 0 Å². The Morgan fingerprint density at radius 2 is 1.76 bits per heavy atom. The normalized spacial score (nSPS) is 23.6. The molecule has 0 atom stereocenters. The molecule has 2 heterocycles. The van der Waals surface area contributed by atoms with Crippen molar-refractivity contribution in [3.05, 3.63) is 11.1 Å². The minimum atomic E-state index is 0.107. The lowest BCUT2D eigenvalue weighted by atomic mass is 9.75. The maximum Gasteiger partial charge on any atom is 0.246 e. The Balaban J connectivity index is 0.000000686. The number of allylic oxidation sites excluding steroid dienone is 1. The van der Waals surface area contributed by atoms with Crippen LogP contribution in [0.25, 0.3) is 0 Å². The Kier molecular flexibility index (Phi) is 5.19. The second kappa shape index (κ2) is 6.20. The Morgan fingerprint density at radius 1 is 1.18 bits per heavy atom. The Hall–Kier alpha value is -0.830. The molecule has 1 spiro atoms. The smallest absolute Gasteiger partial charge is 0.246 e. The average Bonchev–Trinajstić information content (AvgIpc) is 2.46. The molecule has 0 aromatic heterocycles. The van der Waals surface area contributed by atoms with Gasteiger partial charge in [0.2, 0.25) is 5.91 Å². The lowest BCUT2D eigenvalue weighted by Gasteiger charge is -2.36. The van der Waals surface area contributed by atoms with Gasteiger partial charge >= 0.3 is 0 Å². The molecule has 0 aromatic carbocycles. The van der Waals surface area contributed by atoms with Gasteiger partial charge in [0.05, 0.1) is 0 Å². The van der Waals surface area contributed by atoms with Crippen molar-refractivity contribution in [3.8, 4) is 0 Å². The standard InChI is InChI=1S/C12H19NO2.C2H6/c1-9-7-12(3-5-15-6-4-12)8-13-11(14)10(9)2;1-2/h3-8H2,1-2H3,(H,13,14);1-2H3. The monoisotopic (exact) mass is 239 g/mol. The first-order chi connectivity index (χ1) is 8.13. The maximum absolute atomic E-state index is 11.7. The van der Waals surface area contributed by atoms with Gasteiger partial charge in [-0.05, 0) is 38.5 Å². The molecular formula is C14H25NO2. The molecule has 2 rings (SSSR count). The van der Waals surface area contributed by atoms with E-state index in [1.807, 2.05) is 20.8 Å². The van der Waals surface area contributed by atoms with Crippen molar-refractivity contribution >= 4 is 5.91 Å². The van der Waals surface area contributed by atoms with Crippen LogP contribution in [-0.4, -0.2) is 25.7 Å². The second-order valence-electron chi connectivity index (χ2n) is 4.88. The van der Waals surface area contributed by atoms with Crippen molar-refractivity contribution in [2.75, 3.05) is 19.8 Å². The van der Waals surface area contributed by atoms with Gasteiger partial charge in [0.15, 0.2) is 0 Å². The van der Waals surface area contributed by atoms with Crippen LogP contribution in [0.2, 0.25) is 0 Å². The summed E-state index contributed by atoms with van der Waals surface area (Å²) in [5, 5.41) is 3.03. The molecule has 1 saturated heterocycles. The van der Waals surface area contributed by atoms with Gasteiger partial charge in [-0.1, -0.05) is 19.4 Å². The van der Waals surface area contributed by atoms with E-state index in [0.717, 1.165) is 44.6 Å². The van der Waals surface area contributed by atoms with Crippen LogP contribution in [0, 0.1) is 5.41 Å². The third kappa shape index (κ3) is 3.32. The molecule has 98 valence electrons. The van der Waals surface area contributed by atoms with Gasteiger partial charge in [-0.15, -0.1) is 0 Å². The highest BCUT2D eigenvalue weighted by atomic mass is 16.5. The number of nitrogens with one attached hydrogen (secondary N) is 1. The summed E-state index contributed by atoms with van der Waals surface area (Å²) in [6.07, 6.45) is 3.18. The fourth-order valence-electron chi connectivity index (χ4n) is 2.51. The Morgan fingerprint density at radius 3 is 2.35 bits per heavy atom. The predicted molar refractivity (Wildman–Crippen MR) is 69.8 cm³/mol. The molecule has 17 heavy (non-hydrogen) atoms. The van der Waals surface area contributed by atoms with E-state index >= 15 is 0 Å². The molecular weight excluding hydrogens is 214 g/mol. The first-order valence-corrected chi connectivity index (χ1v) is 6.65. The number of amides is 1. The van der Waals surface area contributed by atoms with E-state index < -0.39 is 0 Å². The zero-order valence-electron chi connectivity index (χ0n) is 11.6. The van der Waals surface area contributed by atoms with E-state index in [1.54, 1.807) is 0 Å². The second-order valence-corrected chi connectivity index (χ2v) is 4.88. The van der Waals surface area contributed by atoms with E-state index in [0.29, 0.717) is 0 Å². The van der Waals surface area contributed by atoms with Gasteiger partial charge in [0, 0.05) is 25.3 Å². The highest BCUT2D eigenvalue weighted by Crippen LogP contribution is 2.38. The Bertz CT molecular complexity index is 301. The van der Waals surface area contributed by atoms with Crippen LogP contribution in [0.4, 0.5) is 0 Å². The van der Waals surface area contributed by atoms with E-state index in [9.17, 15) is 4.79 Å². The zero-order valence-corrected chi connectivity index (χ0v) is 11.6. The predicted octanol–water partition coefficient (Wildman–Crippen LogP) is 2.67. The van der Waals surface area contributed by atoms with Crippen LogP contribution < -0.4 is 5.32 Å². The number of rotatable bonds is 0. The lowest BCUT2D eigenvalue weighted by Crippen LogP contribution is -2.39. The Labute approximate surface area is 105 Å². The van der Waals surface area contributed by atoms with E-state index in [-0.39, 0.29) is 11.3 Å². The van der Waals surface area contributed by atoms with Crippen LogP contribution >= 0.6 is 0 Å². The third-order valence-electron chi connectivity index (χ3n) is 3.80. The molecule has 0 radical (unpaired) electrons. The molecule has 1 N–H and O–H groups in total. The summed E-state index contributed by atoms with van der Waals surface area (Å²) in [7, 11) is 0. The van der Waals surface area contributed by atoms with Gasteiger partial charge in [-0.25, -0.2) is 0 Å². The highest BCUT2D eigenvalue weighted by molar-refractivity contribution is 5.93. The molecule has 3 heteroatoms.